The molecule has 6 rings (SSSR count). The lowest BCUT2D eigenvalue weighted by molar-refractivity contribution is 0.104. The maximum Gasteiger partial charge on any atom is 0.194 e. The Morgan fingerprint density at radius 1 is 0.719 bits per heavy atom. The summed E-state index contributed by atoms with van der Waals surface area (Å²) in [5, 5.41) is 12.6. The Labute approximate surface area is 187 Å². The normalized spacial score (nSPS) is 14.8. The average Bonchev–Trinajstić information content (AvgIpc) is 3.16. The van der Waals surface area contributed by atoms with Crippen molar-refractivity contribution >= 4 is 22.2 Å². The summed E-state index contributed by atoms with van der Waals surface area (Å²) in [4.78, 5) is 15.9. The van der Waals surface area contributed by atoms with Crippen molar-refractivity contribution in [3.8, 4) is 28.3 Å². The van der Waals surface area contributed by atoms with E-state index in [1.807, 2.05) is 36.4 Å². The van der Waals surface area contributed by atoms with Crippen LogP contribution in [0.25, 0.3) is 33.0 Å². The van der Waals surface area contributed by atoms with Gasteiger partial charge in [-0.2, -0.15) is 5.26 Å². The summed E-state index contributed by atoms with van der Waals surface area (Å²) in [5.74, 6) is 0.0143. The third kappa shape index (κ3) is 2.77. The number of carbonyl (C=O) groups excluding carboxylic acids is 1. The topological polar surface area (TPSA) is 44.1 Å². The molecule has 0 unspecified atom stereocenters. The molecule has 4 aromatic carbocycles. The van der Waals surface area contributed by atoms with E-state index in [4.69, 9.17) is 0 Å². The molecule has 0 saturated carbocycles. The molecule has 0 radical (unpaired) electrons. The van der Waals surface area contributed by atoms with Gasteiger partial charge < -0.3 is 4.90 Å². The highest BCUT2D eigenvalue weighted by Gasteiger charge is 2.34. The summed E-state index contributed by atoms with van der Waals surface area (Å²) in [5.41, 5.74) is 6.57. The van der Waals surface area contributed by atoms with Gasteiger partial charge in [-0.3, -0.25) is 4.79 Å². The van der Waals surface area contributed by atoms with Crippen LogP contribution in [0.3, 0.4) is 0 Å². The third-order valence-electron chi connectivity index (χ3n) is 6.84. The van der Waals surface area contributed by atoms with Crippen molar-refractivity contribution in [2.75, 3.05) is 18.0 Å². The van der Waals surface area contributed by atoms with Crippen LogP contribution in [0.1, 0.15) is 40.7 Å². The van der Waals surface area contributed by atoms with E-state index in [0.29, 0.717) is 16.7 Å². The molecule has 0 amide bonds. The Morgan fingerprint density at radius 3 is 2.22 bits per heavy atom. The minimum absolute atomic E-state index is 0.0143. The first-order chi connectivity index (χ1) is 15.8. The quantitative estimate of drug-likeness (QED) is 0.328. The molecule has 0 N–H and O–H groups in total. The zero-order chi connectivity index (χ0) is 21.7. The molecule has 0 aromatic heterocycles. The molecular weight excluding hydrogens is 392 g/mol. The van der Waals surface area contributed by atoms with E-state index >= 15 is 0 Å². The zero-order valence-electron chi connectivity index (χ0n) is 17.8. The average molecular weight is 415 g/mol. The zero-order valence-corrected chi connectivity index (χ0v) is 17.8. The third-order valence-corrected chi connectivity index (χ3v) is 6.84. The largest absolute Gasteiger partial charge is 0.370 e. The van der Waals surface area contributed by atoms with Crippen LogP contribution in [0.5, 0.6) is 0 Å². The highest BCUT2D eigenvalue weighted by Crippen LogP contribution is 2.47. The van der Waals surface area contributed by atoms with E-state index in [9.17, 15) is 10.1 Å². The van der Waals surface area contributed by atoms with Crippen molar-refractivity contribution in [3.05, 3.63) is 89.5 Å². The molecule has 4 aromatic rings. The van der Waals surface area contributed by atoms with Gasteiger partial charge in [0.1, 0.15) is 6.07 Å². The first kappa shape index (κ1) is 18.8. The molecule has 2 aliphatic rings. The second kappa shape index (κ2) is 7.35. The molecule has 0 spiro atoms. The molecule has 32 heavy (non-hydrogen) atoms. The van der Waals surface area contributed by atoms with Crippen molar-refractivity contribution in [1.29, 1.82) is 5.26 Å². The van der Waals surface area contributed by atoms with Crippen LogP contribution in [0.15, 0.2) is 72.8 Å². The lowest BCUT2D eigenvalue weighted by Gasteiger charge is -2.31. The number of hydrogen-bond donors (Lipinski definition) is 0. The van der Waals surface area contributed by atoms with Crippen molar-refractivity contribution in [2.45, 2.75) is 19.3 Å². The molecule has 154 valence electrons. The van der Waals surface area contributed by atoms with Crippen LogP contribution in [0.4, 0.5) is 5.69 Å². The molecule has 0 atom stereocenters. The number of piperidine rings is 1. The van der Waals surface area contributed by atoms with Gasteiger partial charge in [-0.05, 0) is 58.9 Å². The van der Waals surface area contributed by atoms with Gasteiger partial charge in [0, 0.05) is 29.8 Å². The monoisotopic (exact) mass is 414 g/mol. The van der Waals surface area contributed by atoms with E-state index in [0.717, 1.165) is 59.3 Å². The number of nitrogens with zero attached hydrogens (tertiary/aromatic N) is 2. The lowest BCUT2D eigenvalue weighted by Crippen LogP contribution is -2.30. The van der Waals surface area contributed by atoms with Crippen LogP contribution in [-0.2, 0) is 0 Å². The van der Waals surface area contributed by atoms with Gasteiger partial charge in [0.15, 0.2) is 5.78 Å². The maximum atomic E-state index is 13.6. The molecular formula is C29H22N2O. The van der Waals surface area contributed by atoms with Crippen LogP contribution < -0.4 is 4.90 Å². The highest BCUT2D eigenvalue weighted by atomic mass is 16.1. The van der Waals surface area contributed by atoms with Gasteiger partial charge in [0.25, 0.3) is 0 Å². The number of anilines is 1. The fraction of sp³-hybridized carbons (Fsp3) is 0.172. The molecule has 1 aliphatic heterocycles. The number of benzene rings is 4. The summed E-state index contributed by atoms with van der Waals surface area (Å²) >= 11 is 0. The van der Waals surface area contributed by atoms with Gasteiger partial charge in [-0.1, -0.05) is 60.7 Å². The lowest BCUT2D eigenvalue weighted by atomic mass is 9.89. The Bertz CT molecular complexity index is 1440. The number of ketones is 1. The SMILES string of the molecule is N#Cc1c(N2CCCCC2)cc(-c2ccc3ccccc3c2)c2c1-c1ccccc1C2=O. The van der Waals surface area contributed by atoms with Crippen LogP contribution in [-0.4, -0.2) is 18.9 Å². The molecule has 1 aliphatic carbocycles. The predicted octanol–water partition coefficient (Wildman–Crippen LogP) is 6.58. The summed E-state index contributed by atoms with van der Waals surface area (Å²) in [6.45, 7) is 1.89. The molecule has 3 nitrogen and oxygen atoms in total. The van der Waals surface area contributed by atoms with E-state index in [1.54, 1.807) is 0 Å². The maximum absolute atomic E-state index is 13.6. The Kier molecular flexibility index (Phi) is 4.33. The van der Waals surface area contributed by atoms with Crippen LogP contribution >= 0.6 is 0 Å². The van der Waals surface area contributed by atoms with Gasteiger partial charge in [-0.25, -0.2) is 0 Å². The van der Waals surface area contributed by atoms with Crippen molar-refractivity contribution < 1.29 is 4.79 Å². The van der Waals surface area contributed by atoms with E-state index in [1.165, 1.54) is 11.8 Å². The minimum atomic E-state index is 0.0143. The Hall–Kier alpha value is -3.90. The van der Waals surface area contributed by atoms with Crippen molar-refractivity contribution in [1.82, 2.24) is 0 Å². The predicted molar refractivity (Wildman–Crippen MR) is 129 cm³/mol. The van der Waals surface area contributed by atoms with Gasteiger partial charge in [-0.15, -0.1) is 0 Å². The van der Waals surface area contributed by atoms with Gasteiger partial charge in [0.05, 0.1) is 11.3 Å². The smallest absolute Gasteiger partial charge is 0.194 e. The first-order valence-electron chi connectivity index (χ1n) is 11.3. The van der Waals surface area contributed by atoms with Crippen LogP contribution in [0.2, 0.25) is 0 Å². The molecule has 0 bridgehead atoms. The number of carbonyl (C=O) groups is 1. The minimum Gasteiger partial charge on any atom is -0.370 e. The molecule has 1 fully saturated rings. The number of nitriles is 1. The first-order valence-corrected chi connectivity index (χ1v) is 11.3. The fourth-order valence-corrected chi connectivity index (χ4v) is 5.29. The summed E-state index contributed by atoms with van der Waals surface area (Å²) in [6.07, 6.45) is 3.48. The van der Waals surface area contributed by atoms with Crippen molar-refractivity contribution in [2.24, 2.45) is 0 Å². The molecule has 3 heteroatoms. The fourth-order valence-electron chi connectivity index (χ4n) is 5.29. The van der Waals surface area contributed by atoms with E-state index < -0.39 is 0 Å². The van der Waals surface area contributed by atoms with Gasteiger partial charge >= 0.3 is 0 Å². The number of hydrogen-bond acceptors (Lipinski definition) is 3. The van der Waals surface area contributed by atoms with E-state index in [-0.39, 0.29) is 5.78 Å². The summed E-state index contributed by atoms with van der Waals surface area (Å²) in [7, 11) is 0. The Balaban J connectivity index is 1.68. The number of rotatable bonds is 2. The summed E-state index contributed by atoms with van der Waals surface area (Å²) in [6, 6.07) is 26.9. The second-order valence-electron chi connectivity index (χ2n) is 8.66. The van der Waals surface area contributed by atoms with Crippen LogP contribution in [0, 0.1) is 11.3 Å². The van der Waals surface area contributed by atoms with Crippen molar-refractivity contribution in [3.63, 3.8) is 0 Å². The highest BCUT2D eigenvalue weighted by molar-refractivity contribution is 6.26. The summed E-state index contributed by atoms with van der Waals surface area (Å²) < 4.78 is 0. The number of fused-ring (bicyclic) bond motifs is 4. The second-order valence-corrected chi connectivity index (χ2v) is 8.66. The van der Waals surface area contributed by atoms with E-state index in [2.05, 4.69) is 47.4 Å². The molecule has 1 heterocycles. The Morgan fingerprint density at radius 2 is 1.44 bits per heavy atom. The standard InChI is InChI=1S/C29H22N2O/c30-18-25-26(31-14-6-1-7-15-31)17-24(21-13-12-19-8-2-3-9-20(19)16-21)28-27(25)22-10-4-5-11-23(22)29(28)32/h2-5,8-13,16-17H,1,6-7,14-15H2. The van der Waals surface area contributed by atoms with Gasteiger partial charge in [0.2, 0.25) is 0 Å². The molecule has 1 saturated heterocycles.